The third-order valence-corrected chi connectivity index (χ3v) is 3.62. The van der Waals surface area contributed by atoms with Gasteiger partial charge in [0.05, 0.1) is 26.9 Å². The zero-order valence-corrected chi connectivity index (χ0v) is 15.1. The van der Waals surface area contributed by atoms with Gasteiger partial charge in [0.15, 0.2) is 5.69 Å². The number of nitrogens with zero attached hydrogens (tertiary/aromatic N) is 2. The molecular weight excluding hydrogens is 452 g/mol. The average Bonchev–Trinajstić information content (AvgIpc) is 2.46. The Labute approximate surface area is 152 Å². The number of nitro groups is 2. The van der Waals surface area contributed by atoms with E-state index >= 15 is 0 Å². The second-order valence-electron chi connectivity index (χ2n) is 4.37. The fraction of sp³-hybridized carbons (Fsp3) is 0. The van der Waals surface area contributed by atoms with Crippen molar-refractivity contribution >= 4 is 66.0 Å². The van der Waals surface area contributed by atoms with Crippen LogP contribution in [-0.4, -0.2) is 9.85 Å². The highest BCUT2D eigenvalue weighted by molar-refractivity contribution is 9.10. The largest absolute Gasteiger partial charge is 0.397 e. The smallest absolute Gasteiger partial charge is 0.300 e. The molecule has 0 aromatic heterocycles. The Morgan fingerprint density at radius 2 is 1.04 bits per heavy atom. The summed E-state index contributed by atoms with van der Waals surface area (Å²) in [5, 5.41) is 20.9. The van der Waals surface area contributed by atoms with E-state index in [4.69, 9.17) is 22.9 Å². The molecule has 2 aromatic rings. The molecule has 24 heavy (non-hydrogen) atoms. The highest BCUT2D eigenvalue weighted by atomic mass is 79.9. The minimum absolute atomic E-state index is 0.241. The molecule has 8 N–H and O–H groups in total. The maximum atomic E-state index is 10.4. The lowest BCUT2D eigenvalue weighted by molar-refractivity contribution is -0.392. The zero-order valence-electron chi connectivity index (χ0n) is 11.9. The predicted molar refractivity (Wildman–Crippen MR) is 99.2 cm³/mol. The molecule has 0 aliphatic heterocycles. The van der Waals surface area contributed by atoms with E-state index in [2.05, 4.69) is 31.9 Å². The third-order valence-electron chi connectivity index (χ3n) is 2.70. The number of rotatable bonds is 2. The molecule has 0 saturated heterocycles. The first-order chi connectivity index (χ1) is 11.0. The first-order valence-electron chi connectivity index (χ1n) is 6.02. The summed E-state index contributed by atoms with van der Waals surface area (Å²) in [6.07, 6.45) is 0. The van der Waals surface area contributed by atoms with E-state index in [9.17, 15) is 20.2 Å². The molecule has 0 fully saturated rings. The maximum Gasteiger partial charge on any atom is 0.300 e. The third kappa shape index (κ3) is 4.70. The Morgan fingerprint density at radius 1 is 0.708 bits per heavy atom. The van der Waals surface area contributed by atoms with Gasteiger partial charge in [-0.25, -0.2) is 0 Å². The Morgan fingerprint density at radius 3 is 1.38 bits per heavy atom. The number of hydrogen-bond acceptors (Lipinski definition) is 8. The van der Waals surface area contributed by atoms with Gasteiger partial charge in [0.2, 0.25) is 0 Å². The number of halogens is 2. The van der Waals surface area contributed by atoms with Crippen LogP contribution in [0.15, 0.2) is 33.2 Å². The molecule has 0 unspecified atom stereocenters. The van der Waals surface area contributed by atoms with Crippen molar-refractivity contribution in [3.05, 3.63) is 53.4 Å². The summed E-state index contributed by atoms with van der Waals surface area (Å²) in [6.45, 7) is 0. The zero-order chi connectivity index (χ0) is 18.6. The summed E-state index contributed by atoms with van der Waals surface area (Å²) in [5.41, 5.74) is 21.8. The van der Waals surface area contributed by atoms with Crippen LogP contribution in [0.25, 0.3) is 0 Å². The molecule has 10 nitrogen and oxygen atoms in total. The van der Waals surface area contributed by atoms with Crippen molar-refractivity contribution in [1.29, 1.82) is 0 Å². The van der Waals surface area contributed by atoms with Gasteiger partial charge in [0.25, 0.3) is 11.4 Å². The molecule has 0 spiro atoms. The average molecular weight is 464 g/mol. The van der Waals surface area contributed by atoms with Crippen molar-refractivity contribution in [2.45, 2.75) is 0 Å². The van der Waals surface area contributed by atoms with Gasteiger partial charge in [-0.05, 0) is 12.1 Å². The van der Waals surface area contributed by atoms with Crippen molar-refractivity contribution < 1.29 is 9.85 Å². The fourth-order valence-corrected chi connectivity index (χ4v) is 2.48. The van der Waals surface area contributed by atoms with Crippen LogP contribution in [0, 0.1) is 20.2 Å². The van der Waals surface area contributed by atoms with E-state index in [1.165, 1.54) is 0 Å². The highest BCUT2D eigenvalue weighted by Gasteiger charge is 2.23. The minimum Gasteiger partial charge on any atom is -0.397 e. The Hall–Kier alpha value is -2.60. The molecule has 0 bridgehead atoms. The molecule has 0 aliphatic carbocycles. The normalized spacial score (nSPS) is 9.75. The second-order valence-corrected chi connectivity index (χ2v) is 6.20. The van der Waals surface area contributed by atoms with E-state index in [0.29, 0.717) is 17.1 Å². The fourth-order valence-electron chi connectivity index (χ4n) is 1.55. The van der Waals surface area contributed by atoms with Crippen molar-refractivity contribution in [3.63, 3.8) is 0 Å². The van der Waals surface area contributed by atoms with Gasteiger partial charge in [-0.1, -0.05) is 31.9 Å². The lowest BCUT2D eigenvalue weighted by Gasteiger charge is -2.03. The first kappa shape index (κ1) is 19.4. The Bertz CT molecular complexity index is 756. The van der Waals surface area contributed by atoms with E-state index in [1.807, 2.05) is 0 Å². The predicted octanol–water partition coefficient (Wildman–Crippen LogP) is 3.04. The number of nitrogen functional groups attached to an aromatic ring is 4. The van der Waals surface area contributed by atoms with E-state index < -0.39 is 26.9 Å². The summed E-state index contributed by atoms with van der Waals surface area (Å²) in [5.74, 6) is 0. The maximum absolute atomic E-state index is 10.4. The van der Waals surface area contributed by atoms with Crippen LogP contribution in [0.5, 0.6) is 0 Å². The summed E-state index contributed by atoms with van der Waals surface area (Å²) >= 11 is 6.15. The topological polar surface area (TPSA) is 190 Å². The van der Waals surface area contributed by atoms with Gasteiger partial charge in [0, 0.05) is 21.1 Å². The van der Waals surface area contributed by atoms with Crippen LogP contribution in [0.3, 0.4) is 0 Å². The van der Waals surface area contributed by atoms with E-state index in [1.54, 1.807) is 12.1 Å². The molecule has 0 atom stereocenters. The van der Waals surface area contributed by atoms with Crippen LogP contribution >= 0.6 is 31.9 Å². The molecule has 0 heterocycles. The van der Waals surface area contributed by atoms with Gasteiger partial charge in [-0.2, -0.15) is 0 Å². The SMILES string of the molecule is Nc1c([N+](=O)[O-])cc(Br)cc1[N+](=O)[O-].Nc1cc(Br)cc(N)c1N. The molecule has 2 aromatic carbocycles. The van der Waals surface area contributed by atoms with Gasteiger partial charge in [-0.15, -0.1) is 0 Å². The van der Waals surface area contributed by atoms with Crippen LogP contribution in [0.4, 0.5) is 34.1 Å². The molecule has 128 valence electrons. The van der Waals surface area contributed by atoms with Gasteiger partial charge < -0.3 is 22.9 Å². The Kier molecular flexibility index (Phi) is 6.31. The van der Waals surface area contributed by atoms with E-state index in [0.717, 1.165) is 16.6 Å². The van der Waals surface area contributed by atoms with E-state index in [-0.39, 0.29) is 4.47 Å². The molecule has 2 rings (SSSR count). The van der Waals surface area contributed by atoms with Gasteiger partial charge in [0.1, 0.15) is 0 Å². The number of benzene rings is 2. The quantitative estimate of drug-likeness (QED) is 0.296. The number of nitrogens with two attached hydrogens (primary N) is 4. The van der Waals surface area contributed by atoms with Crippen molar-refractivity contribution in [1.82, 2.24) is 0 Å². The number of nitro benzene ring substituents is 2. The van der Waals surface area contributed by atoms with Crippen LogP contribution in [0.2, 0.25) is 0 Å². The summed E-state index contributed by atoms with van der Waals surface area (Å²) in [7, 11) is 0. The molecule has 12 heteroatoms. The number of hydrogen-bond donors (Lipinski definition) is 4. The molecular formula is C12H12Br2N6O4. The van der Waals surface area contributed by atoms with Crippen molar-refractivity contribution in [3.8, 4) is 0 Å². The molecule has 0 aliphatic rings. The van der Waals surface area contributed by atoms with Crippen LogP contribution < -0.4 is 22.9 Å². The molecule has 0 amide bonds. The standard InChI is InChI=1S/C6H4BrN3O4.C6H8BrN3/c7-3-1-4(9(11)12)6(8)5(2-3)10(13)14;7-3-1-4(8)6(10)5(9)2-3/h1-2H,8H2;1-2H,8-10H2. The van der Waals surface area contributed by atoms with Crippen LogP contribution in [0.1, 0.15) is 0 Å². The monoisotopic (exact) mass is 462 g/mol. The van der Waals surface area contributed by atoms with Crippen LogP contribution in [-0.2, 0) is 0 Å². The highest BCUT2D eigenvalue weighted by Crippen LogP contribution is 2.34. The molecule has 0 radical (unpaired) electrons. The minimum atomic E-state index is -0.771. The molecule has 0 saturated carbocycles. The Balaban J connectivity index is 0.000000254. The van der Waals surface area contributed by atoms with Gasteiger partial charge >= 0.3 is 0 Å². The lowest BCUT2D eigenvalue weighted by Crippen LogP contribution is -2.00. The summed E-state index contributed by atoms with van der Waals surface area (Å²) < 4.78 is 1.09. The summed E-state index contributed by atoms with van der Waals surface area (Å²) in [6, 6.07) is 5.65. The van der Waals surface area contributed by atoms with Crippen molar-refractivity contribution in [2.24, 2.45) is 0 Å². The summed E-state index contributed by atoms with van der Waals surface area (Å²) in [4.78, 5) is 19.3. The first-order valence-corrected chi connectivity index (χ1v) is 7.61. The number of anilines is 4. The van der Waals surface area contributed by atoms with Crippen molar-refractivity contribution in [2.75, 3.05) is 22.9 Å². The van der Waals surface area contributed by atoms with Gasteiger partial charge in [-0.3, -0.25) is 20.2 Å². The lowest BCUT2D eigenvalue weighted by atomic mass is 10.2. The second kappa shape index (κ2) is 7.79.